The fourth-order valence-corrected chi connectivity index (χ4v) is 6.92. The molecule has 5 rings (SSSR count). The van der Waals surface area contributed by atoms with Gasteiger partial charge in [0.25, 0.3) is 0 Å². The van der Waals surface area contributed by atoms with Crippen molar-refractivity contribution in [1.82, 2.24) is 0 Å². The normalized spacial score (nSPS) is 59.9. The largest absolute Gasteiger partial charge is 0.389 e. The molecule has 2 aliphatic heterocycles. The van der Waals surface area contributed by atoms with E-state index in [2.05, 4.69) is 26.8 Å². The lowest BCUT2D eigenvalue weighted by atomic mass is 9.43. The Morgan fingerprint density at radius 1 is 1.17 bits per heavy atom. The Morgan fingerprint density at radius 2 is 1.91 bits per heavy atom. The third-order valence-corrected chi connectivity index (χ3v) is 8.51. The topological polar surface area (TPSA) is 49.7 Å². The van der Waals surface area contributed by atoms with E-state index in [-0.39, 0.29) is 16.9 Å². The Morgan fingerprint density at radius 3 is 2.65 bits per heavy atom. The van der Waals surface area contributed by atoms with E-state index in [4.69, 9.17) is 4.74 Å². The molecule has 2 heterocycles. The van der Waals surface area contributed by atoms with Crippen molar-refractivity contribution >= 4 is 0 Å². The highest BCUT2D eigenvalue weighted by Gasteiger charge is 2.76. The lowest BCUT2D eigenvalue weighted by Crippen LogP contribution is -2.61. The van der Waals surface area contributed by atoms with Gasteiger partial charge in [-0.25, -0.2) is 0 Å². The molecule has 126 valence electrons. The average Bonchev–Trinajstić information content (AvgIpc) is 2.98. The Bertz CT molecular complexity index is 664. The molecule has 23 heavy (non-hydrogen) atoms. The van der Waals surface area contributed by atoms with E-state index >= 15 is 0 Å². The van der Waals surface area contributed by atoms with Gasteiger partial charge in [-0.15, -0.1) is 0 Å². The van der Waals surface area contributed by atoms with Gasteiger partial charge in [-0.2, -0.15) is 0 Å². The maximum Gasteiger partial charge on any atom is 0.126 e. The van der Waals surface area contributed by atoms with E-state index in [0.29, 0.717) is 11.8 Å². The molecule has 3 nitrogen and oxygen atoms in total. The number of hydrogen-bond acceptors (Lipinski definition) is 3. The molecule has 0 unspecified atom stereocenters. The van der Waals surface area contributed by atoms with Gasteiger partial charge in [0.2, 0.25) is 0 Å². The quantitative estimate of drug-likeness (QED) is 0.676. The van der Waals surface area contributed by atoms with Crippen LogP contribution in [0.1, 0.15) is 53.4 Å². The van der Waals surface area contributed by atoms with Crippen molar-refractivity contribution in [1.29, 1.82) is 0 Å². The molecule has 1 saturated heterocycles. The van der Waals surface area contributed by atoms with Crippen molar-refractivity contribution in [3.05, 3.63) is 22.8 Å². The molecule has 2 fully saturated rings. The molecule has 3 aliphatic carbocycles. The van der Waals surface area contributed by atoms with E-state index in [1.165, 1.54) is 12.0 Å². The smallest absolute Gasteiger partial charge is 0.126 e. The molecule has 2 bridgehead atoms. The number of ether oxygens (including phenoxy) is 1. The molecule has 1 spiro atoms. The number of aliphatic hydroxyl groups is 2. The zero-order valence-corrected chi connectivity index (χ0v) is 14.6. The minimum atomic E-state index is -0.658. The molecule has 0 amide bonds. The number of allylic oxidation sites excluding steroid dienone is 1. The van der Waals surface area contributed by atoms with E-state index < -0.39 is 17.8 Å². The highest BCUT2D eigenvalue weighted by Crippen LogP contribution is 2.74. The van der Waals surface area contributed by atoms with E-state index in [1.807, 2.05) is 6.92 Å². The highest BCUT2D eigenvalue weighted by molar-refractivity contribution is 5.53. The van der Waals surface area contributed by atoms with E-state index in [0.717, 1.165) is 30.4 Å². The van der Waals surface area contributed by atoms with Crippen LogP contribution in [0.3, 0.4) is 0 Å². The molecule has 0 aromatic heterocycles. The maximum atomic E-state index is 11.1. The summed E-state index contributed by atoms with van der Waals surface area (Å²) in [5, 5.41) is 22.1. The zero-order chi connectivity index (χ0) is 16.4. The van der Waals surface area contributed by atoms with Crippen molar-refractivity contribution in [2.75, 3.05) is 0 Å². The minimum Gasteiger partial charge on any atom is -0.389 e. The van der Waals surface area contributed by atoms with Gasteiger partial charge in [-0.05, 0) is 60.7 Å². The number of rotatable bonds is 0. The van der Waals surface area contributed by atoms with Crippen LogP contribution >= 0.6 is 0 Å². The molecule has 3 heteroatoms. The van der Waals surface area contributed by atoms with Crippen LogP contribution in [0.4, 0.5) is 0 Å². The Balaban J connectivity index is 1.82. The summed E-state index contributed by atoms with van der Waals surface area (Å²) in [5.74, 6) is 0.765. The second-order valence-corrected chi connectivity index (χ2v) is 9.33. The third kappa shape index (κ3) is 1.30. The van der Waals surface area contributed by atoms with Gasteiger partial charge in [-0.3, -0.25) is 0 Å². The van der Waals surface area contributed by atoms with Gasteiger partial charge in [0.05, 0.1) is 12.2 Å². The van der Waals surface area contributed by atoms with Crippen LogP contribution in [0.5, 0.6) is 0 Å². The van der Waals surface area contributed by atoms with E-state index in [9.17, 15) is 10.2 Å². The minimum absolute atomic E-state index is 0.0904. The predicted octanol–water partition coefficient (Wildman–Crippen LogP) is 2.97. The third-order valence-electron chi connectivity index (χ3n) is 8.51. The van der Waals surface area contributed by atoms with Crippen molar-refractivity contribution < 1.29 is 14.9 Å². The van der Waals surface area contributed by atoms with Gasteiger partial charge in [-0.1, -0.05) is 26.8 Å². The summed E-state index contributed by atoms with van der Waals surface area (Å²) in [7, 11) is 0. The summed E-state index contributed by atoms with van der Waals surface area (Å²) in [6.07, 6.45) is 5.33. The van der Waals surface area contributed by atoms with Crippen LogP contribution in [0.25, 0.3) is 0 Å². The molecule has 1 saturated carbocycles. The van der Waals surface area contributed by atoms with Gasteiger partial charge in [0.1, 0.15) is 11.7 Å². The van der Waals surface area contributed by atoms with Gasteiger partial charge < -0.3 is 14.9 Å². The second-order valence-electron chi connectivity index (χ2n) is 9.33. The molecule has 2 N–H and O–H groups in total. The van der Waals surface area contributed by atoms with Crippen LogP contribution in [-0.4, -0.2) is 34.1 Å². The molecular formula is C20H28O3. The zero-order valence-electron chi connectivity index (χ0n) is 14.6. The molecular weight excluding hydrogens is 288 g/mol. The van der Waals surface area contributed by atoms with Gasteiger partial charge >= 0.3 is 0 Å². The van der Waals surface area contributed by atoms with Crippen molar-refractivity contribution in [3.8, 4) is 0 Å². The first-order valence-electron chi connectivity index (χ1n) is 9.22. The lowest BCUT2D eigenvalue weighted by Gasteiger charge is -2.59. The number of aliphatic hydroxyl groups excluding tert-OH is 2. The average molecular weight is 316 g/mol. The van der Waals surface area contributed by atoms with Crippen LogP contribution in [0.15, 0.2) is 22.8 Å². The number of fused-ring (bicyclic) bond motifs is 1. The second kappa shape index (κ2) is 3.95. The van der Waals surface area contributed by atoms with Crippen molar-refractivity contribution in [2.45, 2.75) is 77.3 Å². The van der Waals surface area contributed by atoms with Gasteiger partial charge in [0, 0.05) is 11.3 Å². The fraction of sp³-hybridized carbons (Fsp3) is 0.800. The predicted molar refractivity (Wildman–Crippen MR) is 87.7 cm³/mol. The molecule has 0 aromatic carbocycles. The summed E-state index contributed by atoms with van der Waals surface area (Å²) in [5.41, 5.74) is 3.02. The SMILES string of the molecule is CC1=CC[C@@H]2[C@@]3(C)CC[C@]4(C)C5=C([C@@H](O)C[C@H]4C)[C@@]2(O[C@H]53)[C@H]1O. The van der Waals surface area contributed by atoms with Crippen molar-refractivity contribution in [3.63, 3.8) is 0 Å². The first kappa shape index (κ1) is 14.7. The van der Waals surface area contributed by atoms with Crippen LogP contribution in [0, 0.1) is 22.7 Å². The maximum absolute atomic E-state index is 11.1. The number of hydrogen-bond donors (Lipinski definition) is 2. The fourth-order valence-electron chi connectivity index (χ4n) is 6.92. The van der Waals surface area contributed by atoms with Crippen LogP contribution < -0.4 is 0 Å². The Labute approximate surface area is 138 Å². The summed E-state index contributed by atoms with van der Waals surface area (Å²) < 4.78 is 6.69. The first-order chi connectivity index (χ1) is 10.8. The molecule has 8 atom stereocenters. The molecule has 0 aromatic rings. The highest BCUT2D eigenvalue weighted by atomic mass is 16.5. The molecule has 5 aliphatic rings. The summed E-state index contributed by atoms with van der Waals surface area (Å²) in [4.78, 5) is 0. The first-order valence-corrected chi connectivity index (χ1v) is 9.22. The molecule has 0 radical (unpaired) electrons. The van der Waals surface area contributed by atoms with Crippen LogP contribution in [-0.2, 0) is 4.74 Å². The van der Waals surface area contributed by atoms with Crippen LogP contribution in [0.2, 0.25) is 0 Å². The monoisotopic (exact) mass is 316 g/mol. The Hall–Kier alpha value is -0.640. The lowest BCUT2D eigenvalue weighted by molar-refractivity contribution is -0.0843. The summed E-state index contributed by atoms with van der Waals surface area (Å²) in [6, 6.07) is 0. The van der Waals surface area contributed by atoms with E-state index in [1.54, 1.807) is 0 Å². The summed E-state index contributed by atoms with van der Waals surface area (Å²) >= 11 is 0. The Kier molecular flexibility index (Phi) is 2.52. The summed E-state index contributed by atoms with van der Waals surface area (Å²) in [6.45, 7) is 9.01. The van der Waals surface area contributed by atoms with Crippen molar-refractivity contribution in [2.24, 2.45) is 22.7 Å². The van der Waals surface area contributed by atoms with Gasteiger partial charge in [0.15, 0.2) is 0 Å². The standard InChI is InChI=1S/C20H28O3/c1-10-5-6-13-19(4)8-7-18(3)11(2)9-12(21)14-15(18)17(19)23-20(13,14)16(10)22/h5,11-13,16-17,21-22H,6-9H2,1-4H3/t11-,12+,13-,16+,17-,18+,19-,20-/m1/s1.